The Hall–Kier alpha value is -3.20. The number of sulfonamides is 1. The van der Waals surface area contributed by atoms with Crippen LogP contribution in [-0.2, 0) is 10.0 Å². The van der Waals surface area contributed by atoms with Gasteiger partial charge in [0.25, 0.3) is 15.9 Å². The number of aromatic nitrogens is 1. The number of amides is 1. The number of likely N-dealkylation sites (tertiary alicyclic amines) is 1. The first-order valence-corrected chi connectivity index (χ1v) is 10.6. The van der Waals surface area contributed by atoms with Crippen LogP contribution in [0.2, 0.25) is 0 Å². The summed E-state index contributed by atoms with van der Waals surface area (Å²) in [5, 5.41) is 0.350. The van der Waals surface area contributed by atoms with E-state index in [0.29, 0.717) is 24.0 Å². The second kappa shape index (κ2) is 7.32. The van der Waals surface area contributed by atoms with Crippen molar-refractivity contribution in [1.82, 2.24) is 9.88 Å². The van der Waals surface area contributed by atoms with Gasteiger partial charge >= 0.3 is 0 Å². The van der Waals surface area contributed by atoms with Crippen LogP contribution in [-0.4, -0.2) is 37.3 Å². The predicted molar refractivity (Wildman–Crippen MR) is 107 cm³/mol. The van der Waals surface area contributed by atoms with E-state index in [2.05, 4.69) is 9.71 Å². The molecule has 1 aliphatic heterocycles. The van der Waals surface area contributed by atoms with E-state index in [1.807, 2.05) is 0 Å². The Balaban J connectivity index is 1.77. The number of carbonyl (C=O) groups excluding carboxylic acids is 1. The van der Waals surface area contributed by atoms with Crippen LogP contribution in [0.5, 0.6) is 0 Å². The lowest BCUT2D eigenvalue weighted by molar-refractivity contribution is 0.0794. The van der Waals surface area contributed by atoms with E-state index in [9.17, 15) is 22.4 Å². The van der Waals surface area contributed by atoms with Gasteiger partial charge in [-0.15, -0.1) is 0 Å². The molecular formula is C20H18FN3O4S. The van der Waals surface area contributed by atoms with Crippen molar-refractivity contribution in [1.29, 1.82) is 0 Å². The lowest BCUT2D eigenvalue weighted by Crippen LogP contribution is -2.29. The van der Waals surface area contributed by atoms with Crippen molar-refractivity contribution >= 4 is 32.5 Å². The summed E-state index contributed by atoms with van der Waals surface area (Å²) in [6, 6.07) is 10.3. The van der Waals surface area contributed by atoms with Gasteiger partial charge < -0.3 is 9.88 Å². The number of pyridine rings is 1. The topological polar surface area (TPSA) is 99.3 Å². The summed E-state index contributed by atoms with van der Waals surface area (Å²) in [4.78, 5) is 29.1. The number of aromatic amines is 1. The van der Waals surface area contributed by atoms with Gasteiger partial charge in [0.05, 0.1) is 10.5 Å². The first kappa shape index (κ1) is 19.1. The molecule has 0 unspecified atom stereocenters. The zero-order chi connectivity index (χ0) is 20.6. The summed E-state index contributed by atoms with van der Waals surface area (Å²) in [5.74, 6) is -0.771. The highest BCUT2D eigenvalue weighted by atomic mass is 32.2. The summed E-state index contributed by atoms with van der Waals surface area (Å²) in [5.41, 5.74) is 0.326. The van der Waals surface area contributed by atoms with Crippen molar-refractivity contribution in [2.45, 2.75) is 17.7 Å². The average Bonchev–Trinajstić information content (AvgIpc) is 3.23. The molecule has 1 aliphatic rings. The van der Waals surface area contributed by atoms with Crippen molar-refractivity contribution in [3.8, 4) is 0 Å². The average molecular weight is 415 g/mol. The third-order valence-corrected chi connectivity index (χ3v) is 6.22. The molecule has 0 atom stereocenters. The molecule has 2 aromatic carbocycles. The number of fused-ring (bicyclic) bond motifs is 1. The minimum atomic E-state index is -3.98. The zero-order valence-electron chi connectivity index (χ0n) is 15.3. The molecule has 0 bridgehead atoms. The third-order valence-electron chi connectivity index (χ3n) is 4.84. The molecular weight excluding hydrogens is 397 g/mol. The second-order valence-electron chi connectivity index (χ2n) is 6.87. The molecule has 2 heterocycles. The molecule has 1 saturated heterocycles. The molecule has 1 amide bonds. The smallest absolute Gasteiger partial charge is 0.261 e. The van der Waals surface area contributed by atoms with Crippen molar-refractivity contribution in [3.63, 3.8) is 0 Å². The van der Waals surface area contributed by atoms with Gasteiger partial charge in [-0.1, -0.05) is 0 Å². The van der Waals surface area contributed by atoms with Crippen LogP contribution in [0.4, 0.5) is 10.1 Å². The number of carbonyl (C=O) groups is 1. The molecule has 0 spiro atoms. The Morgan fingerprint density at radius 1 is 1.03 bits per heavy atom. The van der Waals surface area contributed by atoms with Gasteiger partial charge in [-0.25, -0.2) is 12.8 Å². The Morgan fingerprint density at radius 3 is 2.41 bits per heavy atom. The number of hydrogen-bond acceptors (Lipinski definition) is 4. The lowest BCUT2D eigenvalue weighted by atomic mass is 10.1. The number of rotatable bonds is 4. The Morgan fingerprint density at radius 2 is 1.72 bits per heavy atom. The second-order valence-corrected chi connectivity index (χ2v) is 8.55. The molecule has 7 nitrogen and oxygen atoms in total. The minimum absolute atomic E-state index is 0.0724. The Labute approximate surface area is 166 Å². The molecule has 1 aromatic heterocycles. The number of H-pyrrole nitrogens is 1. The molecule has 1 fully saturated rings. The fraction of sp³-hybridized carbons (Fsp3) is 0.200. The monoisotopic (exact) mass is 415 g/mol. The molecule has 0 aliphatic carbocycles. The van der Waals surface area contributed by atoms with Gasteiger partial charge in [-0.3, -0.25) is 14.3 Å². The third kappa shape index (κ3) is 3.86. The Kier molecular flexibility index (Phi) is 4.83. The molecule has 150 valence electrons. The first-order chi connectivity index (χ1) is 13.8. The van der Waals surface area contributed by atoms with Gasteiger partial charge in [-0.2, -0.15) is 0 Å². The number of nitrogens with one attached hydrogen (secondary N) is 2. The van der Waals surface area contributed by atoms with Crippen LogP contribution in [0, 0.1) is 5.82 Å². The predicted octanol–water partition coefficient (Wildman–Crippen LogP) is 2.70. The van der Waals surface area contributed by atoms with Gasteiger partial charge in [-0.05, 0) is 55.3 Å². The molecule has 4 rings (SSSR count). The fourth-order valence-electron chi connectivity index (χ4n) is 3.40. The van der Waals surface area contributed by atoms with Crippen LogP contribution in [0.15, 0.2) is 58.2 Å². The summed E-state index contributed by atoms with van der Waals surface area (Å²) in [7, 11) is -3.98. The summed E-state index contributed by atoms with van der Waals surface area (Å²) in [6.45, 7) is 1.22. The normalized spacial score (nSPS) is 14.3. The maximum atomic E-state index is 13.1. The van der Waals surface area contributed by atoms with Crippen LogP contribution in [0.1, 0.15) is 23.2 Å². The quantitative estimate of drug-likeness (QED) is 0.684. The van der Waals surface area contributed by atoms with Crippen LogP contribution in [0.3, 0.4) is 0 Å². The van der Waals surface area contributed by atoms with Crippen molar-refractivity contribution < 1.29 is 17.6 Å². The first-order valence-electron chi connectivity index (χ1n) is 9.08. The van der Waals surface area contributed by atoms with E-state index in [0.717, 1.165) is 25.0 Å². The minimum Gasteiger partial charge on any atom is -0.339 e. The lowest BCUT2D eigenvalue weighted by Gasteiger charge is -2.17. The van der Waals surface area contributed by atoms with Gasteiger partial charge in [0.15, 0.2) is 0 Å². The van der Waals surface area contributed by atoms with E-state index in [1.165, 1.54) is 36.4 Å². The number of hydrogen-bond donors (Lipinski definition) is 2. The molecule has 0 saturated carbocycles. The Bertz CT molecular complexity index is 1250. The van der Waals surface area contributed by atoms with Gasteiger partial charge in [0.1, 0.15) is 5.82 Å². The maximum absolute atomic E-state index is 13.1. The number of nitrogens with zero attached hydrogens (tertiary/aromatic N) is 1. The maximum Gasteiger partial charge on any atom is 0.261 e. The highest BCUT2D eigenvalue weighted by Crippen LogP contribution is 2.24. The van der Waals surface area contributed by atoms with E-state index in [1.54, 1.807) is 4.90 Å². The van der Waals surface area contributed by atoms with Crippen LogP contribution < -0.4 is 10.3 Å². The summed E-state index contributed by atoms with van der Waals surface area (Å²) >= 11 is 0. The number of anilines is 1. The number of halogens is 1. The fourth-order valence-corrected chi connectivity index (χ4v) is 4.48. The highest BCUT2D eigenvalue weighted by Gasteiger charge is 2.23. The van der Waals surface area contributed by atoms with Crippen LogP contribution in [0.25, 0.3) is 10.9 Å². The standard InChI is InChI=1S/C20H18FN3O4S/c21-13-3-5-14(6-4-13)23-29(27,28)15-7-8-18-16(11-15)17(12-19(25)22-18)20(26)24-9-1-2-10-24/h3-8,11-12,23H,1-2,9-10H2,(H,22,25). The van der Waals surface area contributed by atoms with E-state index in [4.69, 9.17) is 0 Å². The summed E-state index contributed by atoms with van der Waals surface area (Å²) < 4.78 is 41.0. The molecule has 2 N–H and O–H groups in total. The van der Waals surface area contributed by atoms with E-state index in [-0.39, 0.29) is 22.1 Å². The molecule has 3 aromatic rings. The van der Waals surface area contributed by atoms with E-state index < -0.39 is 21.4 Å². The molecule has 29 heavy (non-hydrogen) atoms. The number of benzene rings is 2. The summed E-state index contributed by atoms with van der Waals surface area (Å²) in [6.07, 6.45) is 1.79. The van der Waals surface area contributed by atoms with Crippen molar-refractivity contribution in [2.75, 3.05) is 17.8 Å². The highest BCUT2D eigenvalue weighted by molar-refractivity contribution is 7.92. The van der Waals surface area contributed by atoms with Crippen LogP contribution >= 0.6 is 0 Å². The molecule has 0 radical (unpaired) electrons. The van der Waals surface area contributed by atoms with E-state index >= 15 is 0 Å². The van der Waals surface area contributed by atoms with Gasteiger partial charge in [0.2, 0.25) is 5.56 Å². The SMILES string of the molecule is O=C(c1cc(=O)[nH]c2ccc(S(=O)(=O)Nc3ccc(F)cc3)cc12)N1CCCC1. The largest absolute Gasteiger partial charge is 0.339 e. The molecule has 9 heteroatoms. The zero-order valence-corrected chi connectivity index (χ0v) is 16.1. The van der Waals surface area contributed by atoms with Crippen molar-refractivity contribution in [3.05, 3.63) is 70.3 Å². The van der Waals surface area contributed by atoms with Gasteiger partial charge in [0, 0.05) is 35.7 Å². The van der Waals surface area contributed by atoms with Crippen molar-refractivity contribution in [2.24, 2.45) is 0 Å².